The smallest absolute Gasteiger partial charge is 0.102 e. The summed E-state index contributed by atoms with van der Waals surface area (Å²) in [6, 6.07) is 7.39. The third-order valence-corrected chi connectivity index (χ3v) is 2.48. The van der Waals surface area contributed by atoms with Gasteiger partial charge < -0.3 is 16.2 Å². The highest BCUT2D eigenvalue weighted by atomic mass is 35.5. The zero-order valence-electron chi connectivity index (χ0n) is 9.12. The minimum absolute atomic E-state index is 0.00662. The summed E-state index contributed by atoms with van der Waals surface area (Å²) < 4.78 is 0. The molecule has 0 heterocycles. The minimum atomic E-state index is -0.432. The fourth-order valence-electron chi connectivity index (χ4n) is 1.41. The number of hydrogen-bond donors (Lipinski definition) is 3. The number of nitrogens with one attached hydrogen (secondary N) is 1. The number of aliphatic hydroxyl groups excluding tert-OH is 1. The highest BCUT2D eigenvalue weighted by Crippen LogP contribution is 2.17. The molecule has 0 radical (unpaired) electrons. The average Bonchev–Trinajstić information content (AvgIpc) is 2.27. The molecule has 0 fully saturated rings. The van der Waals surface area contributed by atoms with E-state index in [9.17, 15) is 5.11 Å². The van der Waals surface area contributed by atoms with Gasteiger partial charge in [-0.15, -0.1) is 11.6 Å². The minimum Gasteiger partial charge on any atom is -0.511 e. The van der Waals surface area contributed by atoms with Gasteiger partial charge in [0.15, 0.2) is 0 Å². The van der Waals surface area contributed by atoms with E-state index >= 15 is 0 Å². The van der Waals surface area contributed by atoms with Gasteiger partial charge in [-0.2, -0.15) is 0 Å². The molecule has 1 aromatic rings. The lowest BCUT2D eigenvalue weighted by atomic mass is 10.0. The molecule has 4 heteroatoms. The van der Waals surface area contributed by atoms with Gasteiger partial charge in [-0.25, -0.2) is 0 Å². The van der Waals surface area contributed by atoms with Gasteiger partial charge in [0, 0.05) is 18.1 Å². The number of aliphatic hydroxyl groups is 1. The monoisotopic (exact) mass is 240 g/mol. The van der Waals surface area contributed by atoms with Crippen LogP contribution in [0.15, 0.2) is 36.6 Å². The van der Waals surface area contributed by atoms with Crippen molar-refractivity contribution in [3.05, 3.63) is 42.2 Å². The SMILES string of the molecule is C=C(O)C(N)Cc1ccccc1NCCCl. The molecule has 1 rings (SSSR count). The Hall–Kier alpha value is -1.19. The van der Waals surface area contributed by atoms with Gasteiger partial charge in [0.2, 0.25) is 0 Å². The number of alkyl halides is 1. The topological polar surface area (TPSA) is 58.3 Å². The van der Waals surface area contributed by atoms with Gasteiger partial charge in [-0.1, -0.05) is 24.8 Å². The molecular formula is C12H17ClN2O. The quantitative estimate of drug-likeness (QED) is 0.528. The van der Waals surface area contributed by atoms with Crippen LogP contribution in [-0.2, 0) is 6.42 Å². The maximum absolute atomic E-state index is 9.19. The third-order valence-electron chi connectivity index (χ3n) is 2.30. The van der Waals surface area contributed by atoms with Crippen LogP contribution < -0.4 is 11.1 Å². The summed E-state index contributed by atoms with van der Waals surface area (Å²) in [5.41, 5.74) is 7.79. The predicted molar refractivity (Wildman–Crippen MR) is 69.1 cm³/mol. The summed E-state index contributed by atoms with van der Waals surface area (Å²) in [4.78, 5) is 0. The van der Waals surface area contributed by atoms with Crippen molar-refractivity contribution in [1.29, 1.82) is 0 Å². The largest absolute Gasteiger partial charge is 0.511 e. The van der Waals surface area contributed by atoms with Crippen LogP contribution in [0.3, 0.4) is 0 Å². The van der Waals surface area contributed by atoms with E-state index in [0.29, 0.717) is 18.8 Å². The predicted octanol–water partition coefficient (Wildman–Crippen LogP) is 2.28. The number of rotatable bonds is 6. The lowest BCUT2D eigenvalue weighted by Gasteiger charge is -2.14. The standard InChI is InChI=1S/C12H17ClN2O/c1-9(16)11(14)8-10-4-2-3-5-12(10)15-7-6-13/h2-5,11,15-16H,1,6-8,14H2. The molecule has 4 N–H and O–H groups in total. The molecule has 0 aromatic heterocycles. The van der Waals surface area contributed by atoms with Crippen LogP contribution in [0.5, 0.6) is 0 Å². The molecule has 1 aromatic carbocycles. The zero-order valence-corrected chi connectivity index (χ0v) is 9.87. The van der Waals surface area contributed by atoms with E-state index in [2.05, 4.69) is 11.9 Å². The van der Waals surface area contributed by atoms with E-state index in [1.54, 1.807) is 0 Å². The van der Waals surface area contributed by atoms with Crippen LogP contribution in [0.25, 0.3) is 0 Å². The van der Waals surface area contributed by atoms with Gasteiger partial charge in [0.25, 0.3) is 0 Å². The van der Waals surface area contributed by atoms with Crippen molar-refractivity contribution in [1.82, 2.24) is 0 Å². The Balaban J connectivity index is 2.74. The lowest BCUT2D eigenvalue weighted by Crippen LogP contribution is -2.25. The highest BCUT2D eigenvalue weighted by Gasteiger charge is 2.09. The molecular weight excluding hydrogens is 224 g/mol. The van der Waals surface area contributed by atoms with E-state index in [1.807, 2.05) is 24.3 Å². The molecule has 1 unspecified atom stereocenters. The molecule has 3 nitrogen and oxygen atoms in total. The van der Waals surface area contributed by atoms with Crippen LogP contribution in [0.4, 0.5) is 5.69 Å². The second-order valence-corrected chi connectivity index (χ2v) is 3.95. The maximum atomic E-state index is 9.19. The number of benzene rings is 1. The number of anilines is 1. The van der Waals surface area contributed by atoms with Gasteiger partial charge in [-0.05, 0) is 18.1 Å². The second-order valence-electron chi connectivity index (χ2n) is 3.57. The van der Waals surface area contributed by atoms with Crippen molar-refractivity contribution < 1.29 is 5.11 Å². The first-order chi connectivity index (χ1) is 7.65. The first kappa shape index (κ1) is 12.9. The Morgan fingerprint density at radius 3 is 2.81 bits per heavy atom. The van der Waals surface area contributed by atoms with Crippen LogP contribution in [0.2, 0.25) is 0 Å². The molecule has 0 spiro atoms. The molecule has 1 atom stereocenters. The van der Waals surface area contributed by atoms with Crippen LogP contribution in [-0.4, -0.2) is 23.6 Å². The summed E-state index contributed by atoms with van der Waals surface area (Å²) in [6.45, 7) is 4.13. The summed E-state index contributed by atoms with van der Waals surface area (Å²) in [6.07, 6.45) is 0.556. The number of para-hydroxylation sites is 1. The number of nitrogens with two attached hydrogens (primary N) is 1. The first-order valence-corrected chi connectivity index (χ1v) is 5.69. The first-order valence-electron chi connectivity index (χ1n) is 5.16. The summed E-state index contributed by atoms with van der Waals surface area (Å²) in [5, 5.41) is 12.4. The van der Waals surface area contributed by atoms with Crippen molar-refractivity contribution in [3.8, 4) is 0 Å². The third kappa shape index (κ3) is 3.76. The molecule has 0 aliphatic rings. The van der Waals surface area contributed by atoms with Crippen molar-refractivity contribution >= 4 is 17.3 Å². The Kier molecular flexibility index (Phi) is 5.15. The Morgan fingerprint density at radius 1 is 1.50 bits per heavy atom. The Labute approximate surface area is 101 Å². The number of hydrogen-bond acceptors (Lipinski definition) is 3. The van der Waals surface area contributed by atoms with E-state index < -0.39 is 6.04 Å². The fraction of sp³-hybridized carbons (Fsp3) is 0.333. The van der Waals surface area contributed by atoms with E-state index in [0.717, 1.165) is 11.3 Å². The van der Waals surface area contributed by atoms with Crippen molar-refractivity contribution in [2.75, 3.05) is 17.7 Å². The van der Waals surface area contributed by atoms with Gasteiger partial charge in [-0.3, -0.25) is 0 Å². The molecule has 0 bridgehead atoms. The summed E-state index contributed by atoms with van der Waals surface area (Å²) >= 11 is 5.62. The lowest BCUT2D eigenvalue weighted by molar-refractivity contribution is 0.368. The highest BCUT2D eigenvalue weighted by molar-refractivity contribution is 6.18. The molecule has 88 valence electrons. The molecule has 0 aliphatic heterocycles. The van der Waals surface area contributed by atoms with Gasteiger partial charge in [0.05, 0.1) is 6.04 Å². The molecule has 0 aliphatic carbocycles. The normalized spacial score (nSPS) is 12.1. The van der Waals surface area contributed by atoms with Gasteiger partial charge >= 0.3 is 0 Å². The Bertz CT molecular complexity index is 355. The van der Waals surface area contributed by atoms with E-state index in [-0.39, 0.29) is 5.76 Å². The number of halogens is 1. The van der Waals surface area contributed by atoms with Gasteiger partial charge in [0.1, 0.15) is 5.76 Å². The van der Waals surface area contributed by atoms with Crippen molar-refractivity contribution in [2.24, 2.45) is 5.73 Å². The van der Waals surface area contributed by atoms with E-state index in [4.69, 9.17) is 17.3 Å². The van der Waals surface area contributed by atoms with Crippen molar-refractivity contribution in [2.45, 2.75) is 12.5 Å². The maximum Gasteiger partial charge on any atom is 0.102 e. The fourth-order valence-corrected chi connectivity index (χ4v) is 1.50. The molecule has 16 heavy (non-hydrogen) atoms. The van der Waals surface area contributed by atoms with Crippen LogP contribution in [0, 0.1) is 0 Å². The summed E-state index contributed by atoms with van der Waals surface area (Å²) in [7, 11) is 0. The van der Waals surface area contributed by atoms with Crippen LogP contribution >= 0.6 is 11.6 Å². The molecule has 0 saturated heterocycles. The Morgan fingerprint density at radius 2 is 2.19 bits per heavy atom. The zero-order chi connectivity index (χ0) is 12.0. The summed E-state index contributed by atoms with van der Waals surface area (Å²) in [5.74, 6) is 0.555. The molecule has 0 amide bonds. The van der Waals surface area contributed by atoms with E-state index in [1.165, 1.54) is 0 Å². The second kappa shape index (κ2) is 6.40. The average molecular weight is 241 g/mol. The van der Waals surface area contributed by atoms with Crippen LogP contribution in [0.1, 0.15) is 5.56 Å². The molecule has 0 saturated carbocycles. The van der Waals surface area contributed by atoms with Crippen molar-refractivity contribution in [3.63, 3.8) is 0 Å².